The number of rotatable bonds is 4. The zero-order valence-corrected chi connectivity index (χ0v) is 21.5. The largest absolute Gasteiger partial charge is 0.319 e. The summed E-state index contributed by atoms with van der Waals surface area (Å²) < 4.78 is 29.8. The number of para-hydroxylation sites is 1. The van der Waals surface area contributed by atoms with Crippen LogP contribution in [0.15, 0.2) is 59.5 Å². The smallest absolute Gasteiger partial charge is 0.266 e. The fourth-order valence-corrected chi connectivity index (χ4v) is 11.5. The molecule has 2 amide bonds. The lowest BCUT2D eigenvalue weighted by molar-refractivity contribution is -0.163. The first-order valence-corrected chi connectivity index (χ1v) is 14.9. The summed E-state index contributed by atoms with van der Waals surface area (Å²) in [6, 6.07) is 15.9. The number of anilines is 1. The van der Waals surface area contributed by atoms with E-state index in [4.69, 9.17) is 0 Å². The molecule has 7 rings (SSSR count). The molecule has 4 atom stereocenters. The lowest BCUT2D eigenvalue weighted by Gasteiger charge is -2.58. The summed E-state index contributed by atoms with van der Waals surface area (Å²) in [5, 5.41) is 0. The highest BCUT2D eigenvalue weighted by Crippen LogP contribution is 2.70. The number of likely N-dealkylation sites (N-methyl/N-ethyl adjacent to an activating group) is 1. The van der Waals surface area contributed by atoms with Gasteiger partial charge in [0, 0.05) is 18.9 Å². The zero-order valence-electron chi connectivity index (χ0n) is 19.1. The van der Waals surface area contributed by atoms with Crippen molar-refractivity contribution in [2.45, 2.75) is 59.3 Å². The third kappa shape index (κ3) is 2.39. The highest BCUT2D eigenvalue weighted by atomic mass is 33.1. The average Bonchev–Trinajstić information content (AvgIpc) is 3.27. The van der Waals surface area contributed by atoms with Gasteiger partial charge in [0.1, 0.15) is 6.17 Å². The first-order chi connectivity index (χ1) is 16.1. The van der Waals surface area contributed by atoms with Crippen molar-refractivity contribution in [2.75, 3.05) is 11.4 Å². The predicted octanol–water partition coefficient (Wildman–Crippen LogP) is 3.77. The Hall–Kier alpha value is -2.17. The standard InChI is InChI=1S/C24H25N3O4S3/c1-4-14-23-15-24-21(29)25(3)22(2,32-33-24)20(28)26(24)19(23)27(18-13-9-8-12-17(18)23)34(30,31)16-10-6-5-7-11-16/h5-13,19H,4,14-15H2,1-3H3. The first-order valence-electron chi connectivity index (χ1n) is 11.3. The molecule has 2 bridgehead atoms. The predicted molar refractivity (Wildman–Crippen MR) is 133 cm³/mol. The Balaban J connectivity index is 1.65. The van der Waals surface area contributed by atoms with Gasteiger partial charge in [-0.15, -0.1) is 0 Å². The lowest BCUT2D eigenvalue weighted by Crippen LogP contribution is -2.76. The second-order valence-corrected chi connectivity index (χ2v) is 14.2. The average molecular weight is 516 g/mol. The van der Waals surface area contributed by atoms with Crippen LogP contribution >= 0.6 is 21.6 Å². The number of nitrogens with zero attached hydrogens (tertiary/aromatic N) is 3. The quantitative estimate of drug-likeness (QED) is 0.577. The number of amides is 2. The Morgan fingerprint density at radius 1 is 1.00 bits per heavy atom. The Labute approximate surface area is 207 Å². The molecular weight excluding hydrogens is 490 g/mol. The van der Waals surface area contributed by atoms with Crippen molar-refractivity contribution in [3.63, 3.8) is 0 Å². The van der Waals surface area contributed by atoms with Gasteiger partial charge in [-0.1, -0.05) is 71.3 Å². The summed E-state index contributed by atoms with van der Waals surface area (Å²) in [6.07, 6.45) is 1.05. The molecule has 5 aliphatic rings. The van der Waals surface area contributed by atoms with E-state index < -0.39 is 31.3 Å². The van der Waals surface area contributed by atoms with E-state index in [-0.39, 0.29) is 16.7 Å². The number of benzene rings is 2. The van der Waals surface area contributed by atoms with Gasteiger partial charge in [0.2, 0.25) is 0 Å². The van der Waals surface area contributed by atoms with Crippen molar-refractivity contribution in [1.82, 2.24) is 9.80 Å². The molecule has 0 saturated carbocycles. The van der Waals surface area contributed by atoms with Crippen LogP contribution in [0.5, 0.6) is 0 Å². The molecule has 1 spiro atoms. The van der Waals surface area contributed by atoms with Crippen LogP contribution in [0.2, 0.25) is 0 Å². The van der Waals surface area contributed by atoms with Crippen molar-refractivity contribution < 1.29 is 18.0 Å². The molecule has 0 radical (unpaired) electrons. The second kappa shape index (κ2) is 6.95. The van der Waals surface area contributed by atoms with E-state index in [1.807, 2.05) is 24.3 Å². The van der Waals surface area contributed by atoms with E-state index in [0.717, 1.165) is 12.0 Å². The van der Waals surface area contributed by atoms with Crippen molar-refractivity contribution in [2.24, 2.45) is 0 Å². The Morgan fingerprint density at radius 3 is 2.38 bits per heavy atom. The maximum Gasteiger partial charge on any atom is 0.266 e. The molecule has 4 unspecified atom stereocenters. The molecular formula is C24H25N3O4S3. The van der Waals surface area contributed by atoms with Crippen LogP contribution in [0.3, 0.4) is 0 Å². The highest BCUT2D eigenvalue weighted by Gasteiger charge is 2.78. The minimum atomic E-state index is -4.01. The molecule has 7 nitrogen and oxygen atoms in total. The number of carbonyl (C=O) groups is 2. The van der Waals surface area contributed by atoms with E-state index in [1.54, 1.807) is 54.1 Å². The van der Waals surface area contributed by atoms with Gasteiger partial charge >= 0.3 is 0 Å². The molecule has 10 heteroatoms. The van der Waals surface area contributed by atoms with Crippen LogP contribution in [-0.4, -0.2) is 53.0 Å². The summed E-state index contributed by atoms with van der Waals surface area (Å²) in [4.78, 5) is 29.0. The lowest BCUT2D eigenvalue weighted by atomic mass is 9.74. The Kier molecular flexibility index (Phi) is 4.56. The number of fused-ring (bicyclic) bond motifs is 5. The van der Waals surface area contributed by atoms with Crippen molar-refractivity contribution in [1.29, 1.82) is 0 Å². The first kappa shape index (κ1) is 22.3. The van der Waals surface area contributed by atoms with Crippen molar-refractivity contribution in [3.05, 3.63) is 60.2 Å². The number of piperazine rings is 1. The Morgan fingerprint density at radius 2 is 1.68 bits per heavy atom. The molecule has 178 valence electrons. The number of hydrogen-bond donors (Lipinski definition) is 0. The van der Waals surface area contributed by atoms with Crippen molar-refractivity contribution >= 4 is 49.1 Å². The molecule has 4 fully saturated rings. The fraction of sp³-hybridized carbons (Fsp3) is 0.417. The molecule has 0 aromatic heterocycles. The maximum atomic E-state index is 14.2. The van der Waals surface area contributed by atoms with E-state index in [2.05, 4.69) is 6.92 Å². The van der Waals surface area contributed by atoms with E-state index in [1.165, 1.54) is 25.9 Å². The molecule has 0 aliphatic carbocycles. The molecule has 5 aliphatic heterocycles. The maximum absolute atomic E-state index is 14.2. The van der Waals surface area contributed by atoms with Crippen LogP contribution in [0, 0.1) is 0 Å². The minimum absolute atomic E-state index is 0.127. The molecule has 0 N–H and O–H groups in total. The minimum Gasteiger partial charge on any atom is -0.319 e. The third-order valence-corrected chi connectivity index (χ3v) is 13.3. The van der Waals surface area contributed by atoms with E-state index in [9.17, 15) is 18.0 Å². The number of carbonyl (C=O) groups excluding carboxylic acids is 2. The third-order valence-electron chi connectivity index (χ3n) is 7.82. The molecule has 4 saturated heterocycles. The molecule has 5 heterocycles. The highest BCUT2D eigenvalue weighted by molar-refractivity contribution is 8.78. The summed E-state index contributed by atoms with van der Waals surface area (Å²) >= 11 is 0. The number of sulfonamides is 1. The van der Waals surface area contributed by atoms with Crippen LogP contribution in [0.25, 0.3) is 0 Å². The van der Waals surface area contributed by atoms with Crippen LogP contribution in [0.4, 0.5) is 5.69 Å². The SMILES string of the molecule is CCCC12CC34SSC(C)(C(=O)N3C1N(S(=O)(=O)c1ccccc1)c1ccccc12)N(C)C4=O. The summed E-state index contributed by atoms with van der Waals surface area (Å²) in [5.41, 5.74) is 0.813. The Bertz CT molecular complexity index is 1340. The van der Waals surface area contributed by atoms with Crippen molar-refractivity contribution in [3.8, 4) is 0 Å². The van der Waals surface area contributed by atoms with Gasteiger partial charge in [-0.2, -0.15) is 0 Å². The van der Waals surface area contributed by atoms with Gasteiger partial charge in [-0.05, 0) is 37.1 Å². The van der Waals surface area contributed by atoms with Gasteiger partial charge in [0.25, 0.3) is 21.8 Å². The molecule has 2 aromatic carbocycles. The fourth-order valence-electron chi connectivity index (χ4n) is 6.22. The van der Waals surface area contributed by atoms with Gasteiger partial charge in [0.05, 0.1) is 10.6 Å². The molecule has 2 aromatic rings. The zero-order chi connectivity index (χ0) is 24.1. The van der Waals surface area contributed by atoms with Crippen LogP contribution < -0.4 is 4.31 Å². The number of hydrogen-bond acceptors (Lipinski definition) is 6. The molecule has 34 heavy (non-hydrogen) atoms. The van der Waals surface area contributed by atoms with Crippen LogP contribution in [-0.2, 0) is 25.0 Å². The van der Waals surface area contributed by atoms with Gasteiger partial charge in [0.15, 0.2) is 9.74 Å². The van der Waals surface area contributed by atoms with Gasteiger partial charge in [-0.3, -0.25) is 14.5 Å². The summed E-state index contributed by atoms with van der Waals surface area (Å²) in [5.74, 6) is -0.333. The monoisotopic (exact) mass is 515 g/mol. The topological polar surface area (TPSA) is 78.0 Å². The summed E-state index contributed by atoms with van der Waals surface area (Å²) in [7, 11) is 0.496. The van der Waals surface area contributed by atoms with Gasteiger partial charge < -0.3 is 4.90 Å². The second-order valence-electron chi connectivity index (χ2n) is 9.56. The van der Waals surface area contributed by atoms with Gasteiger partial charge in [-0.25, -0.2) is 12.7 Å². The van der Waals surface area contributed by atoms with E-state index >= 15 is 0 Å². The normalized spacial score (nSPS) is 33.9. The summed E-state index contributed by atoms with van der Waals surface area (Å²) in [6.45, 7) is 3.82. The van der Waals surface area contributed by atoms with Crippen LogP contribution in [0.1, 0.15) is 38.7 Å². The van der Waals surface area contributed by atoms with E-state index in [0.29, 0.717) is 18.5 Å².